The van der Waals surface area contributed by atoms with Gasteiger partial charge in [-0.2, -0.15) is 0 Å². The summed E-state index contributed by atoms with van der Waals surface area (Å²) in [6.45, 7) is 12.2. The van der Waals surface area contributed by atoms with Crippen molar-refractivity contribution in [2.24, 2.45) is 0 Å². The Morgan fingerprint density at radius 3 is 0.828 bits per heavy atom. The molecule has 0 aliphatic rings. The normalized spacial score (nSPS) is 7.62. The van der Waals surface area contributed by atoms with E-state index in [0.29, 0.717) is 0 Å². The number of benzene rings is 3. The maximum absolute atomic E-state index is 4.91. The van der Waals surface area contributed by atoms with Gasteiger partial charge in [-0.15, -0.1) is 0 Å². The third kappa shape index (κ3) is 25.4. The van der Waals surface area contributed by atoms with Gasteiger partial charge in [0.1, 0.15) is 5.75 Å². The van der Waals surface area contributed by atoms with Crippen LogP contribution in [0.1, 0.15) is 38.8 Å². The van der Waals surface area contributed by atoms with Crippen molar-refractivity contribution < 1.29 is 9.47 Å². The summed E-state index contributed by atoms with van der Waals surface area (Å²) in [7, 11) is 4.91. The second kappa shape index (κ2) is 27.6. The second-order valence-electron chi connectivity index (χ2n) is 5.23. The zero-order chi connectivity index (χ0) is 22.8. The fraction of sp³-hybridized carbons (Fsp3) is 0.333. The first-order valence-corrected chi connectivity index (χ1v) is 10.2. The molecule has 0 unspecified atom stereocenters. The molecule has 29 heavy (non-hydrogen) atoms. The summed E-state index contributed by atoms with van der Waals surface area (Å²) in [5.74, 6) is 0.910. The van der Waals surface area contributed by atoms with Crippen molar-refractivity contribution in [2.75, 3.05) is 21.3 Å². The van der Waals surface area contributed by atoms with Gasteiger partial charge in [-0.25, -0.2) is 0 Å². The SMILES string of the molecule is CC.CC.COC.COc1ccccc1.Cc1ccccc1.Cc1ccccc1. The molecule has 0 amide bonds. The van der Waals surface area contributed by atoms with E-state index in [9.17, 15) is 0 Å². The Kier molecular flexibility index (Phi) is 29.7. The molecule has 0 aromatic heterocycles. The number of para-hydroxylation sites is 1. The van der Waals surface area contributed by atoms with Crippen molar-refractivity contribution in [1.82, 2.24) is 0 Å². The molecule has 3 aromatic rings. The Bertz CT molecular complexity index is 570. The van der Waals surface area contributed by atoms with E-state index in [1.807, 2.05) is 94.4 Å². The lowest BCUT2D eigenvalue weighted by atomic mass is 10.2. The van der Waals surface area contributed by atoms with Gasteiger partial charge in [0.05, 0.1) is 7.11 Å². The van der Waals surface area contributed by atoms with Crippen LogP contribution in [0.25, 0.3) is 0 Å². The Labute approximate surface area is 180 Å². The fourth-order valence-electron chi connectivity index (χ4n) is 1.63. The Morgan fingerprint density at radius 2 is 0.690 bits per heavy atom. The highest BCUT2D eigenvalue weighted by Crippen LogP contribution is 2.05. The highest BCUT2D eigenvalue weighted by atomic mass is 16.5. The summed E-state index contributed by atoms with van der Waals surface area (Å²) in [5, 5.41) is 0. The molecule has 162 valence electrons. The topological polar surface area (TPSA) is 18.5 Å². The minimum Gasteiger partial charge on any atom is -0.497 e. The van der Waals surface area contributed by atoms with Crippen molar-refractivity contribution in [2.45, 2.75) is 41.5 Å². The third-order valence-corrected chi connectivity index (χ3v) is 2.86. The summed E-state index contributed by atoms with van der Waals surface area (Å²) in [6.07, 6.45) is 0. The minimum absolute atomic E-state index is 0.910. The molecule has 3 rings (SSSR count). The van der Waals surface area contributed by atoms with Crippen LogP contribution < -0.4 is 4.74 Å². The maximum Gasteiger partial charge on any atom is 0.118 e. The van der Waals surface area contributed by atoms with Gasteiger partial charge in [0.2, 0.25) is 0 Å². The molecule has 3 aromatic carbocycles. The number of methoxy groups -OCH3 is 2. The summed E-state index contributed by atoms with van der Waals surface area (Å²) in [4.78, 5) is 0. The lowest BCUT2D eigenvalue weighted by molar-refractivity contribution is 0.277. The Balaban J connectivity index is -0.000000304. The highest BCUT2D eigenvalue weighted by molar-refractivity contribution is 5.20. The zero-order valence-corrected chi connectivity index (χ0v) is 20.0. The first kappa shape index (κ1) is 31.1. The van der Waals surface area contributed by atoms with Crippen LogP contribution in [0.4, 0.5) is 0 Å². The van der Waals surface area contributed by atoms with Crippen molar-refractivity contribution >= 4 is 0 Å². The van der Waals surface area contributed by atoms with Crippen molar-refractivity contribution in [3.8, 4) is 5.75 Å². The third-order valence-electron chi connectivity index (χ3n) is 2.86. The Hall–Kier alpha value is -2.58. The number of rotatable bonds is 1. The fourth-order valence-corrected chi connectivity index (χ4v) is 1.63. The van der Waals surface area contributed by atoms with Crippen LogP contribution in [-0.2, 0) is 4.74 Å². The Morgan fingerprint density at radius 1 is 0.448 bits per heavy atom. The highest BCUT2D eigenvalue weighted by Gasteiger charge is 1.80. The minimum atomic E-state index is 0.910. The van der Waals surface area contributed by atoms with Gasteiger partial charge in [-0.05, 0) is 26.0 Å². The van der Waals surface area contributed by atoms with E-state index in [0.717, 1.165) is 5.75 Å². The van der Waals surface area contributed by atoms with Crippen LogP contribution in [0.2, 0.25) is 0 Å². The molecule has 0 aliphatic carbocycles. The monoisotopic (exact) mass is 398 g/mol. The molecule has 0 saturated heterocycles. The number of hydrogen-bond acceptors (Lipinski definition) is 2. The molecule has 2 nitrogen and oxygen atoms in total. The van der Waals surface area contributed by atoms with Crippen LogP contribution in [0.3, 0.4) is 0 Å². The summed E-state index contributed by atoms with van der Waals surface area (Å²) in [5.41, 5.74) is 2.64. The lowest BCUT2D eigenvalue weighted by Crippen LogP contribution is -1.78. The summed E-state index contributed by atoms with van der Waals surface area (Å²) >= 11 is 0. The molecule has 0 heterocycles. The molecule has 0 spiro atoms. The van der Waals surface area contributed by atoms with Gasteiger partial charge in [0, 0.05) is 14.2 Å². The van der Waals surface area contributed by atoms with Crippen molar-refractivity contribution in [3.05, 3.63) is 102 Å². The average Bonchev–Trinajstić information content (AvgIpc) is 2.80. The van der Waals surface area contributed by atoms with E-state index in [1.54, 1.807) is 21.3 Å². The molecule has 0 bridgehead atoms. The van der Waals surface area contributed by atoms with Crippen LogP contribution in [0.5, 0.6) is 5.75 Å². The van der Waals surface area contributed by atoms with Gasteiger partial charge < -0.3 is 9.47 Å². The lowest BCUT2D eigenvalue weighted by Gasteiger charge is -1.93. The van der Waals surface area contributed by atoms with Gasteiger partial charge in [-0.3, -0.25) is 0 Å². The first-order valence-electron chi connectivity index (χ1n) is 10.2. The molecule has 2 heteroatoms. The van der Waals surface area contributed by atoms with E-state index >= 15 is 0 Å². The predicted octanol–water partition coefficient (Wildman–Crippen LogP) is 8.00. The van der Waals surface area contributed by atoms with Crippen LogP contribution in [-0.4, -0.2) is 21.3 Å². The largest absolute Gasteiger partial charge is 0.497 e. The van der Waals surface area contributed by atoms with Gasteiger partial charge in [0.15, 0.2) is 0 Å². The van der Waals surface area contributed by atoms with E-state index in [2.05, 4.69) is 42.8 Å². The molecule has 0 atom stereocenters. The van der Waals surface area contributed by atoms with E-state index in [1.165, 1.54) is 11.1 Å². The maximum atomic E-state index is 4.91. The first-order chi connectivity index (χ1) is 14.1. The number of aryl methyl sites for hydroxylation is 2. The number of ether oxygens (including phenoxy) is 2. The standard InChI is InChI=1S/C7H8O.2C7H8.C2H6O.2C2H6/c1-8-7-5-3-2-4-6-7;2*1-7-5-3-2-4-6-7;1-3-2;2*1-2/h2-6H,1H3;2*2-6H,1H3;1-2H3;2*1-2H3. The quantitative estimate of drug-likeness (QED) is 0.413. The molecule has 0 saturated carbocycles. The van der Waals surface area contributed by atoms with Crippen LogP contribution >= 0.6 is 0 Å². The van der Waals surface area contributed by atoms with Gasteiger partial charge >= 0.3 is 0 Å². The van der Waals surface area contributed by atoms with E-state index in [-0.39, 0.29) is 0 Å². The average molecular weight is 399 g/mol. The number of hydrogen-bond donors (Lipinski definition) is 0. The van der Waals surface area contributed by atoms with Crippen LogP contribution in [0, 0.1) is 13.8 Å². The molecule has 0 radical (unpaired) electrons. The molecular formula is C27H42O2. The molecule has 0 N–H and O–H groups in total. The summed E-state index contributed by atoms with van der Waals surface area (Å²) in [6, 6.07) is 30.2. The predicted molar refractivity (Wildman–Crippen MR) is 131 cm³/mol. The van der Waals surface area contributed by atoms with Crippen molar-refractivity contribution in [3.63, 3.8) is 0 Å². The van der Waals surface area contributed by atoms with Gasteiger partial charge in [-0.1, -0.05) is 118 Å². The van der Waals surface area contributed by atoms with E-state index < -0.39 is 0 Å². The zero-order valence-electron chi connectivity index (χ0n) is 20.0. The smallest absolute Gasteiger partial charge is 0.118 e. The van der Waals surface area contributed by atoms with Crippen molar-refractivity contribution in [1.29, 1.82) is 0 Å². The summed E-state index contributed by atoms with van der Waals surface area (Å²) < 4.78 is 9.16. The second-order valence-corrected chi connectivity index (χ2v) is 5.23. The molecule has 0 aliphatic heterocycles. The van der Waals surface area contributed by atoms with E-state index in [4.69, 9.17) is 4.74 Å². The van der Waals surface area contributed by atoms with Crippen LogP contribution in [0.15, 0.2) is 91.0 Å². The van der Waals surface area contributed by atoms with Gasteiger partial charge in [0.25, 0.3) is 0 Å². The molecule has 0 fully saturated rings. The molecular weight excluding hydrogens is 356 g/mol.